The molecule has 1 N–H and O–H groups in total. The number of carbonyl (C=O) groups excluding carboxylic acids is 1. The molecule has 0 radical (unpaired) electrons. The Hall–Kier alpha value is -1.89. The van der Waals surface area contributed by atoms with Gasteiger partial charge in [0.25, 0.3) is 0 Å². The van der Waals surface area contributed by atoms with Gasteiger partial charge in [0.05, 0.1) is 17.9 Å². The fourth-order valence-corrected chi connectivity index (χ4v) is 5.28. The van der Waals surface area contributed by atoms with E-state index in [0.717, 1.165) is 34.6 Å². The summed E-state index contributed by atoms with van der Waals surface area (Å²) < 4.78 is 20.3. The van der Waals surface area contributed by atoms with Crippen LogP contribution in [0.2, 0.25) is 5.02 Å². The van der Waals surface area contributed by atoms with E-state index in [1.54, 1.807) is 13.2 Å². The third-order valence-electron chi connectivity index (χ3n) is 5.28. The molecule has 0 spiro atoms. The number of benzene rings is 2. The van der Waals surface area contributed by atoms with E-state index < -0.39 is 11.0 Å². The number of piperidine rings is 1. The molecule has 1 fully saturated rings. The molecule has 2 atom stereocenters. The molecule has 1 aliphatic heterocycles. The van der Waals surface area contributed by atoms with Crippen LogP contribution in [-0.2, 0) is 22.2 Å². The van der Waals surface area contributed by atoms with Crippen LogP contribution in [-0.4, -0.2) is 41.2 Å². The van der Waals surface area contributed by atoms with Crippen LogP contribution in [0, 0.1) is 12.8 Å². The van der Waals surface area contributed by atoms with E-state index >= 15 is 0 Å². The summed E-state index contributed by atoms with van der Waals surface area (Å²) in [7, 11) is 0.332. The van der Waals surface area contributed by atoms with Crippen molar-refractivity contribution in [2.75, 3.05) is 26.7 Å². The number of rotatable bonds is 7. The molecule has 156 valence electrons. The van der Waals surface area contributed by atoms with Crippen molar-refractivity contribution in [3.8, 4) is 5.75 Å². The van der Waals surface area contributed by atoms with Crippen LogP contribution < -0.4 is 10.1 Å². The lowest BCUT2D eigenvalue weighted by molar-refractivity contribution is -0.126. The molecule has 1 aliphatic rings. The first-order valence-electron chi connectivity index (χ1n) is 9.82. The van der Waals surface area contributed by atoms with Gasteiger partial charge in [0, 0.05) is 24.7 Å². The van der Waals surface area contributed by atoms with Crippen molar-refractivity contribution in [2.45, 2.75) is 31.1 Å². The van der Waals surface area contributed by atoms with E-state index in [1.807, 2.05) is 47.6 Å². The van der Waals surface area contributed by atoms with Gasteiger partial charge < -0.3 is 10.1 Å². The molecule has 29 heavy (non-hydrogen) atoms. The lowest BCUT2D eigenvalue weighted by atomic mass is 9.98. The van der Waals surface area contributed by atoms with Crippen LogP contribution in [0.5, 0.6) is 5.75 Å². The summed E-state index contributed by atoms with van der Waals surface area (Å²) in [4.78, 5) is 13.4. The zero-order valence-electron chi connectivity index (χ0n) is 16.8. The molecular weight excluding hydrogens is 408 g/mol. The summed E-state index contributed by atoms with van der Waals surface area (Å²) >= 11 is 6.18. The monoisotopic (exact) mass is 434 g/mol. The summed E-state index contributed by atoms with van der Waals surface area (Å²) in [6, 6.07) is 13.3. The van der Waals surface area contributed by atoms with Crippen molar-refractivity contribution < 1.29 is 13.7 Å². The Morgan fingerprint density at radius 1 is 1.28 bits per heavy atom. The Kier molecular flexibility index (Phi) is 7.70. The van der Waals surface area contributed by atoms with Crippen LogP contribution in [0.4, 0.5) is 0 Å². The van der Waals surface area contributed by atoms with Crippen LogP contribution in [0.1, 0.15) is 24.0 Å². The zero-order valence-corrected chi connectivity index (χ0v) is 18.4. The maximum atomic E-state index is 13.0. The lowest BCUT2D eigenvalue weighted by Gasteiger charge is -2.31. The summed E-state index contributed by atoms with van der Waals surface area (Å²) in [6.45, 7) is 3.62. The Morgan fingerprint density at radius 2 is 2.07 bits per heavy atom. The molecular formula is C22H27ClN2O3S. The number of hydrogen-bond acceptors (Lipinski definition) is 3. The maximum Gasteiger partial charge on any atom is 0.224 e. The highest BCUT2D eigenvalue weighted by molar-refractivity contribution is 7.82. The van der Waals surface area contributed by atoms with Crippen molar-refractivity contribution in [3.63, 3.8) is 0 Å². The molecule has 1 saturated heterocycles. The van der Waals surface area contributed by atoms with Crippen LogP contribution in [0.25, 0.3) is 0 Å². The maximum absolute atomic E-state index is 13.0. The number of hydrogen-bond donors (Lipinski definition) is 1. The standard InChI is InChI=1S/C22H27ClN2O3S/c1-16-19(23)9-5-11-21(16)29(27)25-14-6-8-18(15-25)22(26)24-13-12-17-7-3-4-10-20(17)28-2/h3-5,7,9-11,18H,6,8,12-15H2,1-2H3,(H,24,26). The van der Waals surface area contributed by atoms with Gasteiger partial charge in [-0.05, 0) is 55.5 Å². The number of para-hydroxylation sites is 1. The number of ether oxygens (including phenoxy) is 1. The smallest absolute Gasteiger partial charge is 0.224 e. The van der Waals surface area contributed by atoms with Crippen LogP contribution in [0.3, 0.4) is 0 Å². The highest BCUT2D eigenvalue weighted by Crippen LogP contribution is 2.26. The lowest BCUT2D eigenvalue weighted by Crippen LogP contribution is -2.44. The van der Waals surface area contributed by atoms with Gasteiger partial charge in [-0.2, -0.15) is 0 Å². The normalized spacial score (nSPS) is 18.2. The summed E-state index contributed by atoms with van der Waals surface area (Å²) in [6.07, 6.45) is 2.36. The van der Waals surface area contributed by atoms with Gasteiger partial charge in [0.15, 0.2) is 0 Å². The van der Waals surface area contributed by atoms with E-state index in [2.05, 4.69) is 5.32 Å². The Labute approximate surface area is 180 Å². The molecule has 3 rings (SSSR count). The van der Waals surface area contributed by atoms with Crippen LogP contribution in [0.15, 0.2) is 47.4 Å². The molecule has 1 amide bonds. The molecule has 1 heterocycles. The summed E-state index contributed by atoms with van der Waals surface area (Å²) in [5.41, 5.74) is 1.90. The Bertz CT molecular complexity index is 890. The fraction of sp³-hybridized carbons (Fsp3) is 0.409. The Morgan fingerprint density at radius 3 is 2.86 bits per heavy atom. The molecule has 0 bridgehead atoms. The minimum atomic E-state index is -1.32. The highest BCUT2D eigenvalue weighted by atomic mass is 35.5. The first-order chi connectivity index (χ1) is 14.0. The summed E-state index contributed by atoms with van der Waals surface area (Å²) in [5, 5.41) is 3.64. The zero-order chi connectivity index (χ0) is 20.8. The second kappa shape index (κ2) is 10.2. The van der Waals surface area contributed by atoms with Gasteiger partial charge in [0.1, 0.15) is 16.7 Å². The molecule has 2 aromatic rings. The van der Waals surface area contributed by atoms with Crippen molar-refractivity contribution in [2.24, 2.45) is 5.92 Å². The number of nitrogens with one attached hydrogen (secondary N) is 1. The summed E-state index contributed by atoms with van der Waals surface area (Å²) in [5.74, 6) is 0.687. The van der Waals surface area contributed by atoms with Crippen LogP contribution >= 0.6 is 11.6 Å². The van der Waals surface area contributed by atoms with Gasteiger partial charge in [0.2, 0.25) is 5.91 Å². The Balaban J connectivity index is 1.56. The third-order valence-corrected chi connectivity index (χ3v) is 7.31. The minimum absolute atomic E-state index is 0.0180. The molecule has 5 nitrogen and oxygen atoms in total. The van der Waals surface area contributed by atoms with Crippen molar-refractivity contribution >= 4 is 28.5 Å². The van der Waals surface area contributed by atoms with Gasteiger partial charge in [-0.15, -0.1) is 0 Å². The molecule has 0 aromatic heterocycles. The largest absolute Gasteiger partial charge is 0.496 e. The number of methoxy groups -OCH3 is 1. The van der Waals surface area contributed by atoms with Gasteiger partial charge in [-0.3, -0.25) is 4.79 Å². The van der Waals surface area contributed by atoms with E-state index in [-0.39, 0.29) is 11.8 Å². The molecule has 0 saturated carbocycles. The number of amides is 1. The van der Waals surface area contributed by atoms with E-state index in [9.17, 15) is 9.00 Å². The average molecular weight is 435 g/mol. The first kappa shape index (κ1) is 21.8. The minimum Gasteiger partial charge on any atom is -0.496 e. The van der Waals surface area contributed by atoms with Crippen molar-refractivity contribution in [1.29, 1.82) is 0 Å². The molecule has 7 heteroatoms. The second-order valence-electron chi connectivity index (χ2n) is 7.19. The quantitative estimate of drug-likeness (QED) is 0.722. The number of halogens is 1. The van der Waals surface area contributed by atoms with E-state index in [0.29, 0.717) is 31.1 Å². The van der Waals surface area contributed by atoms with Gasteiger partial charge >= 0.3 is 0 Å². The fourth-order valence-electron chi connectivity index (χ4n) is 3.60. The molecule has 0 aliphatic carbocycles. The number of carbonyl (C=O) groups is 1. The average Bonchev–Trinajstić information content (AvgIpc) is 2.75. The third kappa shape index (κ3) is 5.38. The van der Waals surface area contributed by atoms with Crippen molar-refractivity contribution in [1.82, 2.24) is 9.62 Å². The molecule has 2 unspecified atom stereocenters. The van der Waals surface area contributed by atoms with E-state index in [4.69, 9.17) is 16.3 Å². The van der Waals surface area contributed by atoms with Crippen molar-refractivity contribution in [3.05, 3.63) is 58.6 Å². The highest BCUT2D eigenvalue weighted by Gasteiger charge is 2.29. The first-order valence-corrected chi connectivity index (χ1v) is 11.3. The molecule has 2 aromatic carbocycles. The predicted molar refractivity (Wildman–Crippen MR) is 117 cm³/mol. The van der Waals surface area contributed by atoms with E-state index in [1.165, 1.54) is 0 Å². The predicted octanol–water partition coefficient (Wildman–Crippen LogP) is 3.75. The number of nitrogens with zero attached hydrogens (tertiary/aromatic N) is 1. The SMILES string of the molecule is COc1ccccc1CCNC(=O)C1CCCN(S(=O)c2cccc(Cl)c2C)C1. The van der Waals surface area contributed by atoms with Gasteiger partial charge in [-0.1, -0.05) is 35.9 Å². The van der Waals surface area contributed by atoms with Gasteiger partial charge in [-0.25, -0.2) is 8.51 Å². The second-order valence-corrected chi connectivity index (χ2v) is 9.05. The topological polar surface area (TPSA) is 58.6 Å².